The lowest BCUT2D eigenvalue weighted by atomic mass is 9.98. The first-order valence-corrected chi connectivity index (χ1v) is 8.90. The molecule has 1 fully saturated rings. The Morgan fingerprint density at radius 2 is 2.00 bits per heavy atom. The summed E-state index contributed by atoms with van der Waals surface area (Å²) >= 11 is 0. The van der Waals surface area contributed by atoms with E-state index in [2.05, 4.69) is 10.0 Å². The molecular weight excluding hydrogens is 286 g/mol. The Morgan fingerprint density at radius 1 is 1.29 bits per heavy atom. The van der Waals surface area contributed by atoms with Crippen molar-refractivity contribution in [3.05, 3.63) is 35.4 Å². The summed E-state index contributed by atoms with van der Waals surface area (Å²) < 4.78 is 28.9. The molecule has 0 atom stereocenters. The van der Waals surface area contributed by atoms with Gasteiger partial charge in [0, 0.05) is 19.6 Å². The maximum absolute atomic E-state index is 12.3. The highest BCUT2D eigenvalue weighted by molar-refractivity contribution is 7.87. The van der Waals surface area contributed by atoms with Crippen LogP contribution in [-0.4, -0.2) is 39.4 Å². The number of nitrogens with zero attached hydrogens (tertiary/aromatic N) is 1. The van der Waals surface area contributed by atoms with Crippen LogP contribution in [0.15, 0.2) is 24.3 Å². The standard InChI is InChI=1S/C15H25N3O2S/c1-13-4-3-5-15(10-13)12-17-21(19,20)18-8-6-14(7-9-18)11-16-2/h3-5,10,14,16-17H,6-9,11-12H2,1-2H3. The van der Waals surface area contributed by atoms with E-state index in [-0.39, 0.29) is 0 Å². The van der Waals surface area contributed by atoms with Gasteiger partial charge < -0.3 is 5.32 Å². The third-order valence-electron chi connectivity index (χ3n) is 3.95. The van der Waals surface area contributed by atoms with Crippen LogP contribution >= 0.6 is 0 Å². The number of hydrogen-bond donors (Lipinski definition) is 2. The molecule has 21 heavy (non-hydrogen) atoms. The van der Waals surface area contributed by atoms with E-state index in [1.54, 1.807) is 4.31 Å². The molecule has 5 nitrogen and oxygen atoms in total. The molecule has 0 spiro atoms. The van der Waals surface area contributed by atoms with E-state index in [1.165, 1.54) is 0 Å². The molecule has 1 aliphatic heterocycles. The summed E-state index contributed by atoms with van der Waals surface area (Å²) in [6.45, 7) is 4.53. The van der Waals surface area contributed by atoms with E-state index < -0.39 is 10.2 Å². The number of aryl methyl sites for hydroxylation is 1. The molecule has 0 aromatic heterocycles. The van der Waals surface area contributed by atoms with Crippen molar-refractivity contribution >= 4 is 10.2 Å². The van der Waals surface area contributed by atoms with Crippen LogP contribution in [0.25, 0.3) is 0 Å². The first-order chi connectivity index (χ1) is 10.0. The summed E-state index contributed by atoms with van der Waals surface area (Å²) in [6, 6.07) is 7.89. The van der Waals surface area contributed by atoms with Crippen LogP contribution in [0.2, 0.25) is 0 Å². The Kier molecular flexibility index (Phi) is 5.75. The van der Waals surface area contributed by atoms with E-state index in [9.17, 15) is 8.42 Å². The predicted octanol–water partition coefficient (Wildman–Crippen LogP) is 1.26. The first-order valence-electron chi connectivity index (χ1n) is 7.46. The van der Waals surface area contributed by atoms with Gasteiger partial charge in [-0.05, 0) is 44.8 Å². The summed E-state index contributed by atoms with van der Waals surface area (Å²) in [5, 5.41) is 3.16. The van der Waals surface area contributed by atoms with Gasteiger partial charge in [-0.1, -0.05) is 29.8 Å². The topological polar surface area (TPSA) is 61.4 Å². The lowest BCUT2D eigenvalue weighted by molar-refractivity contribution is 0.268. The van der Waals surface area contributed by atoms with Crippen LogP contribution in [0, 0.1) is 12.8 Å². The minimum atomic E-state index is -3.37. The second kappa shape index (κ2) is 7.35. The van der Waals surface area contributed by atoms with Gasteiger partial charge in [-0.25, -0.2) is 0 Å². The Bertz CT molecular complexity index is 552. The Balaban J connectivity index is 1.88. The van der Waals surface area contributed by atoms with Crippen molar-refractivity contribution in [1.29, 1.82) is 0 Å². The van der Waals surface area contributed by atoms with Gasteiger partial charge in [0.2, 0.25) is 0 Å². The molecule has 0 saturated carbocycles. The first kappa shape index (κ1) is 16.4. The molecule has 2 rings (SSSR count). The molecule has 118 valence electrons. The van der Waals surface area contributed by atoms with Gasteiger partial charge in [-0.15, -0.1) is 0 Å². The van der Waals surface area contributed by atoms with Crippen LogP contribution < -0.4 is 10.0 Å². The molecular formula is C15H25N3O2S. The Hall–Kier alpha value is -0.950. The van der Waals surface area contributed by atoms with E-state index in [4.69, 9.17) is 0 Å². The monoisotopic (exact) mass is 311 g/mol. The molecule has 1 heterocycles. The van der Waals surface area contributed by atoms with Crippen LogP contribution in [0.1, 0.15) is 24.0 Å². The largest absolute Gasteiger partial charge is 0.319 e. The van der Waals surface area contributed by atoms with Crippen molar-refractivity contribution in [2.24, 2.45) is 5.92 Å². The third-order valence-corrected chi connectivity index (χ3v) is 5.50. The summed E-state index contributed by atoms with van der Waals surface area (Å²) in [7, 11) is -1.43. The Labute approximate surface area is 127 Å². The zero-order valence-corrected chi connectivity index (χ0v) is 13.6. The average molecular weight is 311 g/mol. The average Bonchev–Trinajstić information content (AvgIpc) is 2.46. The molecule has 6 heteroatoms. The van der Waals surface area contributed by atoms with Crippen molar-refractivity contribution in [3.63, 3.8) is 0 Å². The third kappa shape index (κ3) is 4.78. The van der Waals surface area contributed by atoms with Crippen molar-refractivity contribution in [2.45, 2.75) is 26.3 Å². The zero-order valence-electron chi connectivity index (χ0n) is 12.8. The van der Waals surface area contributed by atoms with Crippen molar-refractivity contribution in [1.82, 2.24) is 14.3 Å². The van der Waals surface area contributed by atoms with Gasteiger partial charge in [0.05, 0.1) is 0 Å². The second-order valence-electron chi connectivity index (χ2n) is 5.72. The number of hydrogen-bond acceptors (Lipinski definition) is 3. The van der Waals surface area contributed by atoms with Crippen molar-refractivity contribution in [2.75, 3.05) is 26.7 Å². The predicted molar refractivity (Wildman–Crippen MR) is 85.2 cm³/mol. The van der Waals surface area contributed by atoms with Crippen LogP contribution in [0.4, 0.5) is 0 Å². The molecule has 0 bridgehead atoms. The summed E-state index contributed by atoms with van der Waals surface area (Å²) in [4.78, 5) is 0. The number of rotatable bonds is 6. The van der Waals surface area contributed by atoms with Crippen molar-refractivity contribution < 1.29 is 8.42 Å². The highest BCUT2D eigenvalue weighted by Crippen LogP contribution is 2.18. The van der Waals surface area contributed by atoms with Crippen LogP contribution in [0.3, 0.4) is 0 Å². The fourth-order valence-corrected chi connectivity index (χ4v) is 3.95. The molecule has 1 aromatic rings. The zero-order chi connectivity index (χ0) is 15.3. The minimum absolute atomic E-state index is 0.348. The van der Waals surface area contributed by atoms with Gasteiger partial charge in [-0.3, -0.25) is 0 Å². The molecule has 0 amide bonds. The molecule has 1 aromatic carbocycles. The van der Waals surface area contributed by atoms with Gasteiger partial charge in [-0.2, -0.15) is 17.4 Å². The van der Waals surface area contributed by atoms with E-state index in [0.717, 1.165) is 30.5 Å². The van der Waals surface area contributed by atoms with E-state index in [1.807, 2.05) is 38.2 Å². The fraction of sp³-hybridized carbons (Fsp3) is 0.600. The summed E-state index contributed by atoms with van der Waals surface area (Å²) in [6.07, 6.45) is 1.85. The van der Waals surface area contributed by atoms with Crippen molar-refractivity contribution in [3.8, 4) is 0 Å². The van der Waals surface area contributed by atoms with Crippen LogP contribution in [-0.2, 0) is 16.8 Å². The smallest absolute Gasteiger partial charge is 0.279 e. The lowest BCUT2D eigenvalue weighted by Crippen LogP contribution is -2.45. The Morgan fingerprint density at radius 3 is 2.62 bits per heavy atom. The normalized spacial score (nSPS) is 18.0. The molecule has 0 unspecified atom stereocenters. The number of benzene rings is 1. The summed E-state index contributed by atoms with van der Waals surface area (Å²) in [5.41, 5.74) is 2.13. The molecule has 1 saturated heterocycles. The molecule has 1 aliphatic rings. The minimum Gasteiger partial charge on any atom is -0.319 e. The molecule has 0 aliphatic carbocycles. The fourth-order valence-electron chi connectivity index (χ4n) is 2.73. The SMILES string of the molecule is CNCC1CCN(S(=O)(=O)NCc2cccc(C)c2)CC1. The van der Waals surface area contributed by atoms with E-state index in [0.29, 0.717) is 25.6 Å². The summed E-state index contributed by atoms with van der Waals surface area (Å²) in [5.74, 6) is 0.582. The van der Waals surface area contributed by atoms with E-state index >= 15 is 0 Å². The lowest BCUT2D eigenvalue weighted by Gasteiger charge is -2.31. The maximum Gasteiger partial charge on any atom is 0.279 e. The maximum atomic E-state index is 12.3. The molecule has 2 N–H and O–H groups in total. The highest BCUT2D eigenvalue weighted by Gasteiger charge is 2.27. The number of piperidine rings is 1. The van der Waals surface area contributed by atoms with Gasteiger partial charge in [0.25, 0.3) is 10.2 Å². The number of nitrogens with one attached hydrogen (secondary N) is 2. The van der Waals surface area contributed by atoms with Gasteiger partial charge >= 0.3 is 0 Å². The molecule has 0 radical (unpaired) electrons. The second-order valence-corrected chi connectivity index (χ2v) is 7.47. The van der Waals surface area contributed by atoms with Gasteiger partial charge in [0.1, 0.15) is 0 Å². The van der Waals surface area contributed by atoms with Gasteiger partial charge in [0.15, 0.2) is 0 Å². The quantitative estimate of drug-likeness (QED) is 0.831. The highest BCUT2D eigenvalue weighted by atomic mass is 32.2. The van der Waals surface area contributed by atoms with Crippen LogP contribution in [0.5, 0.6) is 0 Å².